The normalized spacial score (nSPS) is 23.7. The number of carbonyl (C=O) groups excluding carboxylic acids is 2. The van der Waals surface area contributed by atoms with E-state index in [9.17, 15) is 9.59 Å². The highest BCUT2D eigenvalue weighted by molar-refractivity contribution is 7.98. The number of carbonyl (C=O) groups is 2. The Morgan fingerprint density at radius 3 is 2.38 bits per heavy atom. The minimum Gasteiger partial charge on any atom is -0.342 e. The first-order valence-corrected chi connectivity index (χ1v) is 9.17. The average Bonchev–Trinajstić information content (AvgIpc) is 2.35. The average molecular weight is 314 g/mol. The number of piperazine rings is 1. The number of rotatable bonds is 6. The lowest BCUT2D eigenvalue weighted by atomic mass is 9.83. The lowest BCUT2D eigenvalue weighted by Crippen LogP contribution is -2.66. The van der Waals surface area contributed by atoms with Crippen molar-refractivity contribution in [3.8, 4) is 0 Å². The van der Waals surface area contributed by atoms with Crippen molar-refractivity contribution in [3.05, 3.63) is 0 Å². The Morgan fingerprint density at radius 1 is 1.29 bits per heavy atom. The highest BCUT2D eigenvalue weighted by atomic mass is 32.2. The second-order valence-electron chi connectivity index (χ2n) is 7.33. The predicted octanol–water partition coefficient (Wildman–Crippen LogP) is 2.53. The molecule has 122 valence electrons. The van der Waals surface area contributed by atoms with Gasteiger partial charge in [0.15, 0.2) is 0 Å². The molecule has 2 unspecified atom stereocenters. The molecule has 1 N–H and O–H groups in total. The third kappa shape index (κ3) is 4.90. The molecule has 1 aliphatic heterocycles. The van der Waals surface area contributed by atoms with E-state index < -0.39 is 6.04 Å². The van der Waals surface area contributed by atoms with E-state index in [-0.39, 0.29) is 23.3 Å². The van der Waals surface area contributed by atoms with Gasteiger partial charge in [-0.3, -0.25) is 9.59 Å². The van der Waals surface area contributed by atoms with Gasteiger partial charge in [0.05, 0.1) is 0 Å². The first kappa shape index (κ1) is 18.3. The van der Waals surface area contributed by atoms with Gasteiger partial charge in [-0.2, -0.15) is 11.8 Å². The van der Waals surface area contributed by atoms with Crippen LogP contribution in [-0.4, -0.2) is 47.4 Å². The third-order valence-corrected chi connectivity index (χ3v) is 4.50. The van der Waals surface area contributed by atoms with Gasteiger partial charge in [-0.25, -0.2) is 0 Å². The standard InChI is InChI=1S/C16H30N2O2S/c1-11(2)10-12-14(19)17-13(16(3,4)5)15(20)18(12)8-7-9-21-6/h11-13H,7-10H2,1-6H3,(H,17,19). The molecule has 2 atom stereocenters. The zero-order valence-electron chi connectivity index (χ0n) is 14.2. The molecule has 0 aromatic carbocycles. The summed E-state index contributed by atoms with van der Waals surface area (Å²) in [5, 5.41) is 2.95. The van der Waals surface area contributed by atoms with Crippen LogP contribution in [0.3, 0.4) is 0 Å². The maximum absolute atomic E-state index is 12.8. The van der Waals surface area contributed by atoms with Crippen molar-refractivity contribution in [2.75, 3.05) is 18.6 Å². The molecule has 0 aromatic rings. The molecule has 0 aromatic heterocycles. The van der Waals surface area contributed by atoms with Gasteiger partial charge in [0.1, 0.15) is 12.1 Å². The van der Waals surface area contributed by atoms with Crippen LogP contribution in [0.5, 0.6) is 0 Å². The first-order valence-electron chi connectivity index (χ1n) is 7.78. The number of hydrogen-bond acceptors (Lipinski definition) is 3. The Hall–Kier alpha value is -0.710. The van der Waals surface area contributed by atoms with Gasteiger partial charge in [0, 0.05) is 6.54 Å². The van der Waals surface area contributed by atoms with Crippen molar-refractivity contribution in [1.29, 1.82) is 0 Å². The number of hydrogen-bond donors (Lipinski definition) is 1. The molecule has 21 heavy (non-hydrogen) atoms. The molecule has 0 aliphatic carbocycles. The number of nitrogens with one attached hydrogen (secondary N) is 1. The minimum atomic E-state index is -0.414. The van der Waals surface area contributed by atoms with Gasteiger partial charge >= 0.3 is 0 Å². The van der Waals surface area contributed by atoms with Crippen LogP contribution in [0.4, 0.5) is 0 Å². The zero-order chi connectivity index (χ0) is 16.2. The largest absolute Gasteiger partial charge is 0.342 e. The van der Waals surface area contributed by atoms with Crippen molar-refractivity contribution < 1.29 is 9.59 Å². The van der Waals surface area contributed by atoms with Gasteiger partial charge in [0.2, 0.25) is 11.8 Å². The Kier molecular flexibility index (Phi) is 6.57. The second-order valence-corrected chi connectivity index (χ2v) is 8.32. The molecule has 0 saturated carbocycles. The molecule has 0 bridgehead atoms. The van der Waals surface area contributed by atoms with E-state index in [4.69, 9.17) is 0 Å². The predicted molar refractivity (Wildman–Crippen MR) is 89.3 cm³/mol. The van der Waals surface area contributed by atoms with E-state index >= 15 is 0 Å². The van der Waals surface area contributed by atoms with E-state index in [1.807, 2.05) is 25.7 Å². The molecule has 0 radical (unpaired) electrons. The molecule has 1 heterocycles. The van der Waals surface area contributed by atoms with Crippen LogP contribution in [0.15, 0.2) is 0 Å². The summed E-state index contributed by atoms with van der Waals surface area (Å²) in [4.78, 5) is 27.1. The Morgan fingerprint density at radius 2 is 1.90 bits per heavy atom. The lowest BCUT2D eigenvalue weighted by molar-refractivity contribution is -0.153. The van der Waals surface area contributed by atoms with Crippen LogP contribution in [-0.2, 0) is 9.59 Å². The first-order chi connectivity index (χ1) is 9.68. The number of nitrogens with zero attached hydrogens (tertiary/aromatic N) is 1. The fourth-order valence-corrected chi connectivity index (χ4v) is 3.09. The Labute approximate surface area is 133 Å². The van der Waals surface area contributed by atoms with Gasteiger partial charge in [-0.05, 0) is 36.2 Å². The van der Waals surface area contributed by atoms with Crippen LogP contribution >= 0.6 is 11.8 Å². The van der Waals surface area contributed by atoms with Crippen LogP contribution in [0.25, 0.3) is 0 Å². The van der Waals surface area contributed by atoms with Gasteiger partial charge < -0.3 is 10.2 Å². The maximum atomic E-state index is 12.8. The molecule has 4 nitrogen and oxygen atoms in total. The summed E-state index contributed by atoms with van der Waals surface area (Å²) in [6.45, 7) is 10.9. The lowest BCUT2D eigenvalue weighted by Gasteiger charge is -2.43. The smallest absolute Gasteiger partial charge is 0.246 e. The van der Waals surface area contributed by atoms with Gasteiger partial charge in [-0.1, -0.05) is 34.6 Å². The molecule has 1 fully saturated rings. The SMILES string of the molecule is CSCCCN1C(=O)C(C(C)(C)C)NC(=O)C1CC(C)C. The quantitative estimate of drug-likeness (QED) is 0.767. The fraction of sp³-hybridized carbons (Fsp3) is 0.875. The van der Waals surface area contributed by atoms with Crippen LogP contribution in [0.1, 0.15) is 47.5 Å². The van der Waals surface area contributed by atoms with Crippen LogP contribution in [0, 0.1) is 11.3 Å². The molecule has 2 amide bonds. The van der Waals surface area contributed by atoms with Crippen molar-refractivity contribution in [2.45, 2.75) is 59.5 Å². The summed E-state index contributed by atoms with van der Waals surface area (Å²) >= 11 is 1.78. The minimum absolute atomic E-state index is 0.00683. The van der Waals surface area contributed by atoms with Crippen molar-refractivity contribution in [2.24, 2.45) is 11.3 Å². The fourth-order valence-electron chi connectivity index (χ4n) is 2.67. The molecule has 5 heteroatoms. The van der Waals surface area contributed by atoms with Crippen LogP contribution < -0.4 is 5.32 Å². The molecular formula is C16H30N2O2S. The van der Waals surface area contributed by atoms with Crippen molar-refractivity contribution in [1.82, 2.24) is 10.2 Å². The van der Waals surface area contributed by atoms with E-state index in [1.165, 1.54) is 0 Å². The summed E-state index contributed by atoms with van der Waals surface area (Å²) in [5.41, 5.74) is -0.257. The zero-order valence-corrected chi connectivity index (χ0v) is 15.0. The number of thioether (sulfide) groups is 1. The Balaban J connectivity index is 2.93. The summed E-state index contributed by atoms with van der Waals surface area (Å²) in [5.74, 6) is 1.49. The monoisotopic (exact) mass is 314 g/mol. The second kappa shape index (κ2) is 7.52. The summed E-state index contributed by atoms with van der Waals surface area (Å²) in [6, 6.07) is -0.722. The third-order valence-electron chi connectivity index (χ3n) is 3.80. The van der Waals surface area contributed by atoms with Crippen molar-refractivity contribution >= 4 is 23.6 Å². The Bertz CT molecular complexity index is 377. The van der Waals surface area contributed by atoms with E-state index in [1.54, 1.807) is 11.8 Å². The molecule has 1 saturated heterocycles. The van der Waals surface area contributed by atoms with E-state index in [0.717, 1.165) is 18.6 Å². The topological polar surface area (TPSA) is 49.4 Å². The molecular weight excluding hydrogens is 284 g/mol. The highest BCUT2D eigenvalue weighted by Crippen LogP contribution is 2.27. The van der Waals surface area contributed by atoms with Gasteiger partial charge in [-0.15, -0.1) is 0 Å². The number of amides is 2. The van der Waals surface area contributed by atoms with Crippen LogP contribution in [0.2, 0.25) is 0 Å². The maximum Gasteiger partial charge on any atom is 0.246 e. The van der Waals surface area contributed by atoms with E-state index in [0.29, 0.717) is 12.5 Å². The summed E-state index contributed by atoms with van der Waals surface area (Å²) in [7, 11) is 0. The van der Waals surface area contributed by atoms with Crippen molar-refractivity contribution in [3.63, 3.8) is 0 Å². The molecule has 1 aliphatic rings. The van der Waals surface area contributed by atoms with E-state index in [2.05, 4.69) is 25.4 Å². The van der Waals surface area contributed by atoms with Gasteiger partial charge in [0.25, 0.3) is 0 Å². The molecule has 1 rings (SSSR count). The summed E-state index contributed by atoms with van der Waals surface area (Å²) < 4.78 is 0. The highest BCUT2D eigenvalue weighted by Gasteiger charge is 2.44. The summed E-state index contributed by atoms with van der Waals surface area (Å²) in [6.07, 6.45) is 3.73. The molecule has 0 spiro atoms.